The highest BCUT2D eigenvalue weighted by molar-refractivity contribution is 6.39. The van der Waals surface area contributed by atoms with Crippen LogP contribution in [0.25, 0.3) is 0 Å². The zero-order valence-corrected chi connectivity index (χ0v) is 14.6. The van der Waals surface area contributed by atoms with Gasteiger partial charge >= 0.3 is 0 Å². The summed E-state index contributed by atoms with van der Waals surface area (Å²) >= 11 is 0. The van der Waals surface area contributed by atoms with Crippen molar-refractivity contribution in [2.75, 3.05) is 20.1 Å². The minimum atomic E-state index is -0.157. The van der Waals surface area contributed by atoms with Crippen LogP contribution in [0.1, 0.15) is 37.7 Å². The van der Waals surface area contributed by atoms with Gasteiger partial charge < -0.3 is 4.90 Å². The Morgan fingerprint density at radius 1 is 1.32 bits per heavy atom. The summed E-state index contributed by atoms with van der Waals surface area (Å²) in [5.74, 6) is 0.101. The van der Waals surface area contributed by atoms with Gasteiger partial charge in [0.2, 0.25) is 5.91 Å². The Balaban J connectivity index is 1.57. The smallest absolute Gasteiger partial charge is 0.270 e. The van der Waals surface area contributed by atoms with Gasteiger partial charge in [0.1, 0.15) is 11.5 Å². The molecule has 0 N–H and O–H groups in total. The van der Waals surface area contributed by atoms with E-state index in [1.165, 1.54) is 11.1 Å². The molecule has 1 fully saturated rings. The number of benzene rings is 1. The second-order valence-electron chi connectivity index (χ2n) is 6.85. The molecule has 2 amide bonds. The summed E-state index contributed by atoms with van der Waals surface area (Å²) in [6, 6.07) is 6.87. The van der Waals surface area contributed by atoms with Gasteiger partial charge in [0, 0.05) is 33.0 Å². The van der Waals surface area contributed by atoms with E-state index in [4.69, 9.17) is 0 Å². The number of hydrazone groups is 1. The van der Waals surface area contributed by atoms with Gasteiger partial charge in [0.25, 0.3) is 5.91 Å². The molecule has 5 nitrogen and oxygen atoms in total. The van der Waals surface area contributed by atoms with Crippen LogP contribution in [0.15, 0.2) is 29.4 Å². The van der Waals surface area contributed by atoms with Crippen LogP contribution < -0.4 is 0 Å². The molecular formula is C19H24FN3O2. The first-order valence-corrected chi connectivity index (χ1v) is 8.91. The lowest BCUT2D eigenvalue weighted by Gasteiger charge is -2.34. The number of carbonyl (C=O) groups excluding carboxylic acids is 2. The molecule has 2 heterocycles. The van der Waals surface area contributed by atoms with Crippen LogP contribution in [0.3, 0.4) is 0 Å². The average molecular weight is 345 g/mol. The number of hydrogen-bond donors (Lipinski definition) is 0. The maximum absolute atomic E-state index is 13.7. The van der Waals surface area contributed by atoms with Crippen LogP contribution in [0, 0.1) is 11.7 Å². The van der Waals surface area contributed by atoms with E-state index >= 15 is 0 Å². The number of likely N-dealkylation sites (tertiary alicyclic amines) is 1. The first-order chi connectivity index (χ1) is 12.0. The predicted molar refractivity (Wildman–Crippen MR) is 93.5 cm³/mol. The second kappa shape index (κ2) is 7.76. The fourth-order valence-electron chi connectivity index (χ4n) is 3.55. The Labute approximate surface area is 147 Å². The average Bonchev–Trinajstić information content (AvgIpc) is 2.63. The third-order valence-electron chi connectivity index (χ3n) is 5.04. The van der Waals surface area contributed by atoms with Crippen LogP contribution in [0.2, 0.25) is 0 Å². The van der Waals surface area contributed by atoms with Gasteiger partial charge in [-0.15, -0.1) is 0 Å². The van der Waals surface area contributed by atoms with E-state index in [1.807, 2.05) is 17.0 Å². The molecule has 0 spiro atoms. The molecule has 2 aliphatic rings. The molecule has 1 aromatic rings. The minimum absolute atomic E-state index is 0.0574. The second-order valence-corrected chi connectivity index (χ2v) is 6.85. The minimum Gasteiger partial charge on any atom is -0.337 e. The van der Waals surface area contributed by atoms with Crippen LogP contribution in [-0.4, -0.2) is 47.6 Å². The van der Waals surface area contributed by atoms with Crippen LogP contribution in [-0.2, 0) is 16.0 Å². The number of hydrogen-bond acceptors (Lipinski definition) is 3. The number of nitrogens with zero attached hydrogens (tertiary/aromatic N) is 3. The van der Waals surface area contributed by atoms with Crippen molar-refractivity contribution >= 4 is 17.5 Å². The molecule has 1 saturated heterocycles. The third kappa shape index (κ3) is 4.24. The molecule has 0 radical (unpaired) electrons. The Morgan fingerprint density at radius 2 is 2.12 bits per heavy atom. The molecule has 3 rings (SSSR count). The summed E-state index contributed by atoms with van der Waals surface area (Å²) in [4.78, 5) is 26.0. The van der Waals surface area contributed by atoms with E-state index in [2.05, 4.69) is 5.10 Å². The van der Waals surface area contributed by atoms with Crippen LogP contribution in [0.5, 0.6) is 0 Å². The molecule has 0 bridgehead atoms. The lowest BCUT2D eigenvalue weighted by Crippen LogP contribution is -2.45. The van der Waals surface area contributed by atoms with E-state index in [-0.39, 0.29) is 17.6 Å². The molecule has 134 valence electrons. The first-order valence-electron chi connectivity index (χ1n) is 8.91. The summed E-state index contributed by atoms with van der Waals surface area (Å²) in [6.45, 7) is 1.41. The quantitative estimate of drug-likeness (QED) is 0.842. The van der Waals surface area contributed by atoms with Gasteiger partial charge in [0.05, 0.1) is 0 Å². The van der Waals surface area contributed by atoms with E-state index in [1.54, 1.807) is 13.1 Å². The van der Waals surface area contributed by atoms with Crippen molar-refractivity contribution < 1.29 is 14.0 Å². The highest BCUT2D eigenvalue weighted by Gasteiger charge is 2.29. The number of carbonyl (C=O) groups is 2. The zero-order chi connectivity index (χ0) is 17.8. The molecule has 25 heavy (non-hydrogen) atoms. The van der Waals surface area contributed by atoms with Gasteiger partial charge in [-0.3, -0.25) is 9.59 Å². The Bertz CT molecular complexity index is 689. The van der Waals surface area contributed by atoms with Crippen molar-refractivity contribution in [2.45, 2.75) is 38.5 Å². The maximum atomic E-state index is 13.7. The normalized spacial score (nSPS) is 21.3. The lowest BCUT2D eigenvalue weighted by molar-refractivity contribution is -0.131. The van der Waals surface area contributed by atoms with E-state index in [9.17, 15) is 14.0 Å². The summed E-state index contributed by atoms with van der Waals surface area (Å²) in [5, 5.41) is 5.39. The standard InChI is InChI=1S/C19H24FN3O2/c1-22-18(24)11-10-17(21-22)19(25)23-12-4-5-14(13-23)8-9-15-6-2-3-7-16(15)20/h2-3,6-7,14H,4-5,8-13H2,1H3/t14-/m0/s1. The number of halogens is 1. The first kappa shape index (κ1) is 17.6. The maximum Gasteiger partial charge on any atom is 0.270 e. The van der Waals surface area contributed by atoms with Gasteiger partial charge in [-0.25, -0.2) is 9.40 Å². The number of aryl methyl sites for hydroxylation is 1. The van der Waals surface area contributed by atoms with Gasteiger partial charge in [-0.1, -0.05) is 18.2 Å². The van der Waals surface area contributed by atoms with Crippen molar-refractivity contribution in [1.82, 2.24) is 9.91 Å². The molecule has 1 atom stereocenters. The highest BCUT2D eigenvalue weighted by Crippen LogP contribution is 2.23. The number of piperidine rings is 1. The van der Waals surface area contributed by atoms with Crippen molar-refractivity contribution in [3.63, 3.8) is 0 Å². The van der Waals surface area contributed by atoms with Crippen molar-refractivity contribution in [1.29, 1.82) is 0 Å². The monoisotopic (exact) mass is 345 g/mol. The SMILES string of the molecule is CN1N=C(C(=O)N2CCC[C@@H](CCc3ccccc3F)C2)CCC1=O. The lowest BCUT2D eigenvalue weighted by atomic mass is 9.91. The highest BCUT2D eigenvalue weighted by atomic mass is 19.1. The fraction of sp³-hybridized carbons (Fsp3) is 0.526. The molecule has 0 saturated carbocycles. The summed E-state index contributed by atoms with van der Waals surface area (Å²) < 4.78 is 13.7. The largest absolute Gasteiger partial charge is 0.337 e. The van der Waals surface area contributed by atoms with Crippen LogP contribution >= 0.6 is 0 Å². The van der Waals surface area contributed by atoms with Crippen LogP contribution in [0.4, 0.5) is 4.39 Å². The Kier molecular flexibility index (Phi) is 5.46. The molecule has 2 aliphatic heterocycles. The van der Waals surface area contributed by atoms with Crippen molar-refractivity contribution in [2.24, 2.45) is 11.0 Å². The van der Waals surface area contributed by atoms with Gasteiger partial charge in [-0.05, 0) is 43.2 Å². The van der Waals surface area contributed by atoms with Crippen molar-refractivity contribution in [3.05, 3.63) is 35.6 Å². The molecule has 6 heteroatoms. The van der Waals surface area contributed by atoms with E-state index in [0.717, 1.165) is 31.4 Å². The third-order valence-corrected chi connectivity index (χ3v) is 5.04. The molecular weight excluding hydrogens is 321 g/mol. The van der Waals surface area contributed by atoms with Gasteiger partial charge in [-0.2, -0.15) is 5.10 Å². The van der Waals surface area contributed by atoms with E-state index < -0.39 is 0 Å². The Morgan fingerprint density at radius 3 is 2.88 bits per heavy atom. The molecule has 0 aromatic heterocycles. The predicted octanol–water partition coefficient (Wildman–Crippen LogP) is 2.61. The summed E-state index contributed by atoms with van der Waals surface area (Å²) in [6.07, 6.45) is 4.33. The van der Waals surface area contributed by atoms with Crippen molar-refractivity contribution in [3.8, 4) is 0 Å². The fourth-order valence-corrected chi connectivity index (χ4v) is 3.55. The number of rotatable bonds is 4. The number of amides is 2. The topological polar surface area (TPSA) is 53.0 Å². The summed E-state index contributed by atoms with van der Waals surface area (Å²) in [7, 11) is 1.59. The van der Waals surface area contributed by atoms with E-state index in [0.29, 0.717) is 37.4 Å². The molecule has 0 unspecified atom stereocenters. The van der Waals surface area contributed by atoms with Gasteiger partial charge in [0.15, 0.2) is 0 Å². The zero-order valence-electron chi connectivity index (χ0n) is 14.6. The molecule has 0 aliphatic carbocycles. The Hall–Kier alpha value is -2.24. The molecule has 1 aromatic carbocycles. The summed E-state index contributed by atoms with van der Waals surface area (Å²) in [5.41, 5.74) is 1.21.